The van der Waals surface area contributed by atoms with E-state index in [1.165, 1.54) is 12.5 Å². The number of dihydropyridines is 1. The molecule has 12 nitrogen and oxygen atoms in total. The smallest absolute Gasteiger partial charge is 0.302 e. The van der Waals surface area contributed by atoms with Crippen molar-refractivity contribution in [2.45, 2.75) is 88.5 Å². The minimum Gasteiger partial charge on any atom is -0.508 e. The molecular weight excluding hydrogens is 831 g/mol. The summed E-state index contributed by atoms with van der Waals surface area (Å²) >= 11 is 0. The molecule has 4 aromatic rings. The minimum atomic E-state index is -0.622. The summed E-state index contributed by atoms with van der Waals surface area (Å²) in [6.07, 6.45) is 8.35. The number of ether oxygens (including phenoxy) is 4. The number of hydrogen-bond acceptors (Lipinski definition) is 12. The number of hydrogen-bond donors (Lipinski definition) is 7. The van der Waals surface area contributed by atoms with E-state index in [1.807, 2.05) is 32.3 Å². The van der Waals surface area contributed by atoms with Gasteiger partial charge < -0.3 is 56.2 Å². The van der Waals surface area contributed by atoms with Gasteiger partial charge in [0, 0.05) is 72.4 Å². The van der Waals surface area contributed by atoms with Crippen LogP contribution in [-0.2, 0) is 34.2 Å². The highest BCUT2D eigenvalue weighted by molar-refractivity contribution is 5.84. The van der Waals surface area contributed by atoms with E-state index < -0.39 is 18.2 Å². The molecule has 0 aromatic heterocycles. The lowest BCUT2D eigenvalue weighted by molar-refractivity contribution is -0.141. The lowest BCUT2D eigenvalue weighted by Crippen LogP contribution is -2.38. The summed E-state index contributed by atoms with van der Waals surface area (Å²) in [6.45, 7) is 5.57. The summed E-state index contributed by atoms with van der Waals surface area (Å²) in [6, 6.07) is 20.1. The molecule has 4 aromatic carbocycles. The molecule has 4 bridgehead atoms. The number of esters is 1. The van der Waals surface area contributed by atoms with Crippen molar-refractivity contribution in [3.63, 3.8) is 0 Å². The Bertz CT molecular complexity index is 2620. The zero-order valence-electron chi connectivity index (χ0n) is 38.7. The van der Waals surface area contributed by atoms with Crippen molar-refractivity contribution in [3.8, 4) is 51.7 Å². The number of carbonyl (C=O) groups excluding carboxylic acids is 1. The average Bonchev–Trinajstić information content (AvgIpc) is 3.88. The van der Waals surface area contributed by atoms with Crippen LogP contribution in [0.25, 0.3) is 11.1 Å². The Balaban J connectivity index is 1.27. The number of nitrogens with one attached hydrogen (secondary N) is 4. The number of carbonyl (C=O) groups is 1. The second kappa shape index (κ2) is 19.0. The lowest BCUT2D eigenvalue weighted by Gasteiger charge is -2.40. The van der Waals surface area contributed by atoms with Gasteiger partial charge in [0.25, 0.3) is 0 Å². The first kappa shape index (κ1) is 45.0. The monoisotopic (exact) mass is 893 g/mol. The predicted molar refractivity (Wildman–Crippen MR) is 257 cm³/mol. The molecule has 3 aliphatic heterocycles. The molecule has 346 valence electrons. The highest BCUT2D eigenvalue weighted by Crippen LogP contribution is 2.63. The van der Waals surface area contributed by atoms with Gasteiger partial charge in [0.1, 0.15) is 36.1 Å². The lowest BCUT2D eigenvalue weighted by atomic mass is 9.64. The molecule has 0 saturated heterocycles. The number of para-hydroxylation sites is 1. The topological polar surface area (TPSA) is 169 Å². The number of aryl methyl sites for hydroxylation is 1. The first-order valence-corrected chi connectivity index (χ1v) is 23.5. The second-order valence-corrected chi connectivity index (χ2v) is 18.5. The SMILES string of the molecule is CCNc1ccccc1CC[C@H]1C2=C(C#CCc3cc(O)c(OC(CNC)CNC)cc3[C@H]3Oc4c(ccc5c4[C@]4(CC[C@@H]1C4)Cc1cc(O)cc(OC)c1-5)[C@@H]3COC(C)=O)NC(N)C=C2. The standard InChI is InChI=1S/C54H63N5O7/c1-6-58-44-12-8-7-10-32(44)14-15-38-34-20-21-54(26-34)27-35-22-36(61)24-48(63-5)50(35)41-17-16-40-43(30-64-31(2)60)52(66-53(40)51(41)54)42-25-47(65-37(28-56-3)29-57-4)46(62)23-33(42)11-9-13-45-39(38)18-19-49(55)59-45/h7-8,10,12,16-19,22-25,34,37-38,43,49,52,56-59,61-62H,6,11,14-15,20-21,26-30,55H2,1-5H3/t34-,38-,43+,49?,52-,54+/m1/s1. The quantitative estimate of drug-likeness (QED) is 0.0501. The van der Waals surface area contributed by atoms with E-state index in [0.717, 1.165) is 100 Å². The largest absolute Gasteiger partial charge is 0.508 e. The number of benzene rings is 4. The Hall–Kier alpha value is -6.13. The van der Waals surface area contributed by atoms with Gasteiger partial charge in [-0.25, -0.2) is 0 Å². The van der Waals surface area contributed by atoms with Crippen LogP contribution in [0.5, 0.6) is 28.7 Å². The van der Waals surface area contributed by atoms with Gasteiger partial charge in [-0.2, -0.15) is 0 Å². The number of allylic oxidation sites excluding steroid dienone is 3. The maximum absolute atomic E-state index is 12.6. The van der Waals surface area contributed by atoms with E-state index in [-0.39, 0.29) is 53.9 Å². The van der Waals surface area contributed by atoms with Crippen molar-refractivity contribution in [1.82, 2.24) is 16.0 Å². The highest BCUT2D eigenvalue weighted by Gasteiger charge is 2.52. The van der Waals surface area contributed by atoms with Gasteiger partial charge in [-0.05, 0) is 135 Å². The summed E-state index contributed by atoms with van der Waals surface area (Å²) < 4.78 is 25.9. The van der Waals surface area contributed by atoms with Gasteiger partial charge in [0.2, 0.25) is 0 Å². The van der Waals surface area contributed by atoms with Crippen molar-refractivity contribution in [2.75, 3.05) is 52.8 Å². The van der Waals surface area contributed by atoms with Crippen LogP contribution in [0.15, 0.2) is 84.1 Å². The molecule has 1 saturated carbocycles. The predicted octanol–water partition coefficient (Wildman–Crippen LogP) is 7.27. The molecule has 3 heterocycles. The Morgan fingerprint density at radius 1 is 1.03 bits per heavy atom. The summed E-state index contributed by atoms with van der Waals surface area (Å²) in [5.41, 5.74) is 17.3. The number of phenols is 2. The van der Waals surface area contributed by atoms with E-state index in [2.05, 4.69) is 82.5 Å². The molecule has 8 N–H and O–H groups in total. The molecule has 0 radical (unpaired) electrons. The van der Waals surface area contributed by atoms with E-state index in [1.54, 1.807) is 19.2 Å². The number of likely N-dealkylation sites (N-methyl/N-ethyl adjacent to an activating group) is 2. The zero-order valence-corrected chi connectivity index (χ0v) is 38.7. The third-order valence-corrected chi connectivity index (χ3v) is 14.4. The number of nitrogens with two attached hydrogens (primary N) is 1. The van der Waals surface area contributed by atoms with Crippen molar-refractivity contribution in [3.05, 3.63) is 117 Å². The fraction of sp³-hybridized carbons (Fsp3) is 0.426. The van der Waals surface area contributed by atoms with E-state index >= 15 is 0 Å². The van der Waals surface area contributed by atoms with Crippen LogP contribution in [0.2, 0.25) is 0 Å². The van der Waals surface area contributed by atoms with Crippen molar-refractivity contribution >= 4 is 11.7 Å². The third kappa shape index (κ3) is 8.56. The van der Waals surface area contributed by atoms with Crippen LogP contribution < -0.4 is 41.2 Å². The van der Waals surface area contributed by atoms with Gasteiger partial charge in [-0.15, -0.1) is 0 Å². The Morgan fingerprint density at radius 3 is 2.62 bits per heavy atom. The molecule has 1 fully saturated rings. The Labute approximate surface area is 388 Å². The second-order valence-electron chi connectivity index (χ2n) is 18.5. The van der Waals surface area contributed by atoms with Crippen LogP contribution in [0.3, 0.4) is 0 Å². The number of aromatic hydroxyl groups is 2. The maximum Gasteiger partial charge on any atom is 0.302 e. The minimum absolute atomic E-state index is 0.00289. The molecule has 2 aliphatic carbocycles. The maximum atomic E-state index is 12.6. The van der Waals surface area contributed by atoms with Gasteiger partial charge in [-0.1, -0.05) is 42.3 Å². The number of anilines is 1. The fourth-order valence-corrected chi connectivity index (χ4v) is 11.6. The van der Waals surface area contributed by atoms with E-state index in [9.17, 15) is 15.0 Å². The Kier molecular flexibility index (Phi) is 13.0. The number of fused-ring (bicyclic) bond motifs is 6. The Morgan fingerprint density at radius 2 is 1.85 bits per heavy atom. The number of rotatable bonds is 14. The summed E-state index contributed by atoms with van der Waals surface area (Å²) in [5, 5.41) is 36.3. The van der Waals surface area contributed by atoms with Gasteiger partial charge in [0.15, 0.2) is 11.5 Å². The summed E-state index contributed by atoms with van der Waals surface area (Å²) in [7, 11) is 5.38. The van der Waals surface area contributed by atoms with E-state index in [0.29, 0.717) is 31.0 Å². The summed E-state index contributed by atoms with van der Waals surface area (Å²) in [4.78, 5) is 12.6. The van der Waals surface area contributed by atoms with Crippen LogP contribution in [0, 0.1) is 23.7 Å². The fourth-order valence-electron chi connectivity index (χ4n) is 11.6. The first-order chi connectivity index (χ1) is 32.0. The van der Waals surface area contributed by atoms with Gasteiger partial charge >= 0.3 is 5.97 Å². The van der Waals surface area contributed by atoms with Gasteiger partial charge in [-0.3, -0.25) is 4.79 Å². The molecular formula is C54H63N5O7. The first-order valence-electron chi connectivity index (χ1n) is 23.5. The van der Waals surface area contributed by atoms with Crippen LogP contribution >= 0.6 is 0 Å². The molecule has 12 heteroatoms. The van der Waals surface area contributed by atoms with E-state index in [4.69, 9.17) is 24.7 Å². The third-order valence-electron chi connectivity index (χ3n) is 14.4. The van der Waals surface area contributed by atoms with Crippen molar-refractivity contribution in [1.29, 1.82) is 0 Å². The normalized spacial score (nSPS) is 23.2. The summed E-state index contributed by atoms with van der Waals surface area (Å²) in [5.74, 6) is 8.54. The van der Waals surface area contributed by atoms with Crippen molar-refractivity contribution in [2.24, 2.45) is 17.6 Å². The van der Waals surface area contributed by atoms with Crippen molar-refractivity contribution < 1.29 is 34.0 Å². The molecule has 5 aliphatic rings. The molecule has 9 rings (SSSR count). The van der Waals surface area contributed by atoms with Gasteiger partial charge in [0.05, 0.1) is 24.9 Å². The molecule has 1 unspecified atom stereocenters. The highest BCUT2D eigenvalue weighted by atomic mass is 16.5. The molecule has 0 amide bonds. The van der Waals surface area contributed by atoms with Crippen LogP contribution in [0.1, 0.15) is 84.9 Å². The molecule has 66 heavy (non-hydrogen) atoms. The molecule has 6 atom stereocenters. The number of phenolic OH excluding ortho intramolecular Hbond substituents is 2. The molecule has 1 spiro atoms. The average molecular weight is 894 g/mol. The zero-order chi connectivity index (χ0) is 46.1. The van der Waals surface area contributed by atoms with Crippen LogP contribution in [0.4, 0.5) is 5.69 Å². The van der Waals surface area contributed by atoms with Crippen LogP contribution in [-0.4, -0.2) is 75.9 Å². The number of methoxy groups -OCH3 is 1.